The standard InChI is InChI=1S/C16H22N2O2.ClH/c1-3-11-18(16(19)14-8-6-10-17-14)12-13-7-4-5-9-15(13)20-2;/h4-9,14,17H,3,10-12H2,1-2H3;1H. The van der Waals surface area contributed by atoms with Gasteiger partial charge < -0.3 is 9.64 Å². The summed E-state index contributed by atoms with van der Waals surface area (Å²) in [5.41, 5.74) is 1.04. The van der Waals surface area contributed by atoms with Gasteiger partial charge in [0, 0.05) is 25.2 Å². The van der Waals surface area contributed by atoms with Gasteiger partial charge in [-0.25, -0.2) is 0 Å². The van der Waals surface area contributed by atoms with Crippen molar-refractivity contribution in [3.05, 3.63) is 42.0 Å². The molecule has 0 fully saturated rings. The molecule has 1 unspecified atom stereocenters. The van der Waals surface area contributed by atoms with Crippen molar-refractivity contribution in [1.82, 2.24) is 10.2 Å². The summed E-state index contributed by atoms with van der Waals surface area (Å²) in [6, 6.07) is 7.66. The highest BCUT2D eigenvalue weighted by atomic mass is 35.5. The maximum atomic E-state index is 12.5. The topological polar surface area (TPSA) is 41.6 Å². The third-order valence-electron chi connectivity index (χ3n) is 3.41. The number of nitrogens with one attached hydrogen (secondary N) is 1. The first-order valence-electron chi connectivity index (χ1n) is 7.07. The fourth-order valence-corrected chi connectivity index (χ4v) is 2.41. The SMILES string of the molecule is CCCN(Cc1ccccc1OC)C(=O)C1C=CCN1.Cl. The smallest absolute Gasteiger partial charge is 0.243 e. The number of carbonyl (C=O) groups is 1. The molecule has 1 aliphatic heterocycles. The molecule has 1 aromatic carbocycles. The molecule has 0 aliphatic carbocycles. The number of carbonyl (C=O) groups excluding carboxylic acids is 1. The van der Waals surface area contributed by atoms with Gasteiger partial charge in [-0.2, -0.15) is 0 Å². The van der Waals surface area contributed by atoms with Gasteiger partial charge in [0.15, 0.2) is 0 Å². The molecular weight excluding hydrogens is 288 g/mol. The van der Waals surface area contributed by atoms with Gasteiger partial charge in [0.05, 0.1) is 7.11 Å². The van der Waals surface area contributed by atoms with Crippen LogP contribution < -0.4 is 10.1 Å². The van der Waals surface area contributed by atoms with Crippen molar-refractivity contribution in [2.24, 2.45) is 0 Å². The largest absolute Gasteiger partial charge is 0.496 e. The molecule has 0 bridgehead atoms. The first kappa shape index (κ1) is 17.5. The van der Waals surface area contributed by atoms with Crippen LogP contribution in [0.4, 0.5) is 0 Å². The quantitative estimate of drug-likeness (QED) is 0.820. The molecule has 5 heteroatoms. The van der Waals surface area contributed by atoms with Crippen LogP contribution in [0.5, 0.6) is 5.75 Å². The van der Waals surface area contributed by atoms with Crippen LogP contribution in [0.3, 0.4) is 0 Å². The van der Waals surface area contributed by atoms with E-state index in [0.717, 1.165) is 30.8 Å². The molecule has 1 atom stereocenters. The Bertz CT molecular complexity index is 491. The summed E-state index contributed by atoms with van der Waals surface area (Å²) < 4.78 is 5.36. The summed E-state index contributed by atoms with van der Waals surface area (Å²) in [7, 11) is 1.66. The Morgan fingerprint density at radius 3 is 2.81 bits per heavy atom. The van der Waals surface area contributed by atoms with Crippen LogP contribution in [-0.4, -0.2) is 37.0 Å². The van der Waals surface area contributed by atoms with Crippen molar-refractivity contribution >= 4 is 18.3 Å². The van der Waals surface area contributed by atoms with E-state index >= 15 is 0 Å². The molecule has 1 aliphatic rings. The third-order valence-corrected chi connectivity index (χ3v) is 3.41. The Balaban J connectivity index is 0.00000220. The third kappa shape index (κ3) is 4.48. The van der Waals surface area contributed by atoms with Crippen molar-refractivity contribution in [2.45, 2.75) is 25.9 Å². The summed E-state index contributed by atoms with van der Waals surface area (Å²) >= 11 is 0. The van der Waals surface area contributed by atoms with E-state index in [4.69, 9.17) is 4.74 Å². The number of benzene rings is 1. The molecule has 0 spiro atoms. The zero-order valence-corrected chi connectivity index (χ0v) is 13.4. The summed E-state index contributed by atoms with van der Waals surface area (Å²) in [5, 5.41) is 3.18. The van der Waals surface area contributed by atoms with Gasteiger partial charge in [-0.3, -0.25) is 10.1 Å². The molecule has 0 aromatic heterocycles. The van der Waals surface area contributed by atoms with Crippen LogP contribution in [0, 0.1) is 0 Å². The van der Waals surface area contributed by atoms with Gasteiger partial charge >= 0.3 is 0 Å². The first-order chi connectivity index (χ1) is 9.76. The van der Waals surface area contributed by atoms with Crippen molar-refractivity contribution in [1.29, 1.82) is 0 Å². The summed E-state index contributed by atoms with van der Waals surface area (Å²) in [6.45, 7) is 4.19. The molecule has 2 rings (SSSR count). The lowest BCUT2D eigenvalue weighted by Gasteiger charge is -2.25. The van der Waals surface area contributed by atoms with Crippen LogP contribution in [0.25, 0.3) is 0 Å². The predicted octanol–water partition coefficient (Wildman–Crippen LogP) is 2.38. The van der Waals surface area contributed by atoms with Gasteiger partial charge in [0.2, 0.25) is 5.91 Å². The van der Waals surface area contributed by atoms with Gasteiger partial charge in [0.25, 0.3) is 0 Å². The zero-order valence-electron chi connectivity index (χ0n) is 12.5. The number of nitrogens with zero attached hydrogens (tertiary/aromatic N) is 1. The minimum atomic E-state index is -0.184. The van der Waals surface area contributed by atoms with E-state index in [1.807, 2.05) is 41.3 Å². The van der Waals surface area contributed by atoms with Gasteiger partial charge in [-0.1, -0.05) is 37.3 Å². The Hall–Kier alpha value is -1.52. The fourth-order valence-electron chi connectivity index (χ4n) is 2.41. The molecule has 0 radical (unpaired) electrons. The number of para-hydroxylation sites is 1. The summed E-state index contributed by atoms with van der Waals surface area (Å²) in [6.07, 6.45) is 4.88. The number of methoxy groups -OCH3 is 1. The van der Waals surface area contributed by atoms with E-state index in [1.54, 1.807) is 7.11 Å². The molecular formula is C16H23ClN2O2. The highest BCUT2D eigenvalue weighted by molar-refractivity contribution is 5.85. The number of halogens is 1. The van der Waals surface area contributed by atoms with Crippen LogP contribution >= 0.6 is 12.4 Å². The van der Waals surface area contributed by atoms with Gasteiger partial charge in [0.1, 0.15) is 11.8 Å². The van der Waals surface area contributed by atoms with E-state index < -0.39 is 0 Å². The van der Waals surface area contributed by atoms with Crippen molar-refractivity contribution in [3.8, 4) is 5.75 Å². The van der Waals surface area contributed by atoms with Gasteiger partial charge in [-0.15, -0.1) is 12.4 Å². The number of amides is 1. The molecule has 0 saturated heterocycles. The molecule has 0 saturated carbocycles. The van der Waals surface area contributed by atoms with Crippen molar-refractivity contribution in [3.63, 3.8) is 0 Å². The van der Waals surface area contributed by atoms with Crippen LogP contribution in [0.15, 0.2) is 36.4 Å². The number of hydrogen-bond acceptors (Lipinski definition) is 3. The molecule has 1 N–H and O–H groups in total. The summed E-state index contributed by atoms with van der Waals surface area (Å²) in [5.74, 6) is 0.961. The lowest BCUT2D eigenvalue weighted by atomic mass is 10.1. The highest BCUT2D eigenvalue weighted by Crippen LogP contribution is 2.20. The number of rotatable bonds is 6. The molecule has 116 valence electrons. The second kappa shape index (κ2) is 8.70. The monoisotopic (exact) mass is 310 g/mol. The lowest BCUT2D eigenvalue weighted by molar-refractivity contribution is -0.132. The molecule has 21 heavy (non-hydrogen) atoms. The van der Waals surface area contributed by atoms with E-state index in [9.17, 15) is 4.79 Å². The lowest BCUT2D eigenvalue weighted by Crippen LogP contribution is -2.43. The fraction of sp³-hybridized carbons (Fsp3) is 0.438. The molecule has 1 heterocycles. The van der Waals surface area contributed by atoms with E-state index in [0.29, 0.717) is 6.54 Å². The van der Waals surface area contributed by atoms with E-state index in [-0.39, 0.29) is 24.4 Å². The second-order valence-corrected chi connectivity index (χ2v) is 4.89. The minimum absolute atomic E-state index is 0. The van der Waals surface area contributed by atoms with E-state index in [2.05, 4.69) is 12.2 Å². The molecule has 4 nitrogen and oxygen atoms in total. The minimum Gasteiger partial charge on any atom is -0.496 e. The molecule has 1 aromatic rings. The Morgan fingerprint density at radius 2 is 2.19 bits per heavy atom. The zero-order chi connectivity index (χ0) is 14.4. The summed E-state index contributed by atoms with van der Waals surface area (Å²) in [4.78, 5) is 14.4. The highest BCUT2D eigenvalue weighted by Gasteiger charge is 2.23. The Kier molecular flexibility index (Phi) is 7.26. The molecule has 1 amide bonds. The van der Waals surface area contributed by atoms with Crippen LogP contribution in [-0.2, 0) is 11.3 Å². The van der Waals surface area contributed by atoms with Crippen molar-refractivity contribution < 1.29 is 9.53 Å². The van der Waals surface area contributed by atoms with Crippen molar-refractivity contribution in [2.75, 3.05) is 20.2 Å². The number of ether oxygens (including phenoxy) is 1. The normalized spacial score (nSPS) is 16.4. The van der Waals surface area contributed by atoms with Crippen LogP contribution in [0.2, 0.25) is 0 Å². The Morgan fingerprint density at radius 1 is 1.43 bits per heavy atom. The van der Waals surface area contributed by atoms with Gasteiger partial charge in [-0.05, 0) is 12.5 Å². The average Bonchev–Trinajstić information content (AvgIpc) is 3.01. The Labute approximate surface area is 132 Å². The second-order valence-electron chi connectivity index (χ2n) is 4.89. The van der Waals surface area contributed by atoms with E-state index in [1.165, 1.54) is 0 Å². The first-order valence-corrected chi connectivity index (χ1v) is 7.07. The van der Waals surface area contributed by atoms with Crippen LogP contribution in [0.1, 0.15) is 18.9 Å². The predicted molar refractivity (Wildman–Crippen MR) is 86.9 cm³/mol. The maximum Gasteiger partial charge on any atom is 0.243 e. The average molecular weight is 311 g/mol. The number of hydrogen-bond donors (Lipinski definition) is 1. The maximum absolute atomic E-state index is 12.5.